The van der Waals surface area contributed by atoms with E-state index in [2.05, 4.69) is 0 Å². The average molecular weight is 275 g/mol. The van der Waals surface area contributed by atoms with Crippen LogP contribution >= 0.6 is 0 Å². The van der Waals surface area contributed by atoms with E-state index in [1.165, 1.54) is 30.3 Å². The molecule has 2 aromatic rings. The van der Waals surface area contributed by atoms with Crippen LogP contribution in [-0.2, 0) is 0 Å². The smallest absolute Gasteiger partial charge is 0.343 e. The fourth-order valence-electron chi connectivity index (χ4n) is 1.52. The van der Waals surface area contributed by atoms with Crippen molar-refractivity contribution in [3.05, 3.63) is 68.3 Å². The molecule has 1 heterocycles. The fraction of sp³-hybridized carbons (Fsp3) is 0.0769. The Kier molecular flexibility index (Phi) is 3.60. The number of hydrogen-bond donors (Lipinski definition) is 0. The molecule has 0 saturated heterocycles. The van der Waals surface area contributed by atoms with Crippen molar-refractivity contribution in [2.45, 2.75) is 6.92 Å². The number of benzene rings is 1. The summed E-state index contributed by atoms with van der Waals surface area (Å²) in [6, 6.07) is 7.38. The van der Waals surface area contributed by atoms with E-state index < -0.39 is 16.5 Å². The number of rotatable bonds is 3. The van der Waals surface area contributed by atoms with Gasteiger partial charge in [-0.1, -0.05) is 0 Å². The lowest BCUT2D eigenvalue weighted by Gasteiger charge is -2.04. The summed E-state index contributed by atoms with van der Waals surface area (Å²) in [5.41, 5.74) is -0.615. The number of carbonyl (C=O) groups excluding carboxylic acids is 1. The van der Waals surface area contributed by atoms with E-state index in [9.17, 15) is 19.7 Å². The third-order valence-corrected chi connectivity index (χ3v) is 2.39. The summed E-state index contributed by atoms with van der Waals surface area (Å²) in [5, 5.41) is 10.5. The van der Waals surface area contributed by atoms with Crippen LogP contribution in [0.2, 0.25) is 0 Å². The standard InChI is InChI=1S/C13H9NO6/c1-8-6-11(7-12(15)19-8)20-13(16)9-2-4-10(5-3-9)14(17)18/h2-7H,1H3. The van der Waals surface area contributed by atoms with Gasteiger partial charge in [0.1, 0.15) is 11.5 Å². The van der Waals surface area contributed by atoms with Crippen molar-refractivity contribution in [1.29, 1.82) is 0 Å². The summed E-state index contributed by atoms with van der Waals surface area (Å²) in [7, 11) is 0. The summed E-state index contributed by atoms with van der Waals surface area (Å²) in [5.74, 6) is -0.351. The molecule has 1 aromatic carbocycles. The quantitative estimate of drug-likeness (QED) is 0.483. The van der Waals surface area contributed by atoms with E-state index >= 15 is 0 Å². The highest BCUT2D eigenvalue weighted by molar-refractivity contribution is 5.91. The Labute approximate surface area is 112 Å². The van der Waals surface area contributed by atoms with Crippen LogP contribution < -0.4 is 10.4 Å². The van der Waals surface area contributed by atoms with Crippen LogP contribution in [0.4, 0.5) is 5.69 Å². The Balaban J connectivity index is 2.19. The van der Waals surface area contributed by atoms with Gasteiger partial charge in [-0.15, -0.1) is 0 Å². The zero-order chi connectivity index (χ0) is 14.7. The molecule has 0 aliphatic heterocycles. The molecule has 1 aromatic heterocycles. The second-order valence-electron chi connectivity index (χ2n) is 3.92. The molecule has 0 atom stereocenters. The summed E-state index contributed by atoms with van der Waals surface area (Å²) in [4.78, 5) is 32.8. The van der Waals surface area contributed by atoms with Crippen molar-refractivity contribution in [3.8, 4) is 5.75 Å². The Morgan fingerprint density at radius 2 is 1.90 bits per heavy atom. The van der Waals surface area contributed by atoms with Crippen LogP contribution in [0.1, 0.15) is 16.1 Å². The normalized spacial score (nSPS) is 10.1. The number of nitro benzene ring substituents is 1. The maximum absolute atomic E-state index is 11.8. The molecule has 0 aliphatic carbocycles. The minimum atomic E-state index is -0.718. The summed E-state index contributed by atoms with van der Waals surface area (Å²) in [6.45, 7) is 1.55. The molecule has 0 unspecified atom stereocenters. The van der Waals surface area contributed by atoms with E-state index in [1.807, 2.05) is 0 Å². The topological polar surface area (TPSA) is 99.6 Å². The molecule has 7 heteroatoms. The summed E-state index contributed by atoms with van der Waals surface area (Å²) in [6.07, 6.45) is 0. The number of carbonyl (C=O) groups is 1. The largest absolute Gasteiger partial charge is 0.428 e. The second-order valence-corrected chi connectivity index (χ2v) is 3.92. The number of hydrogen-bond acceptors (Lipinski definition) is 6. The van der Waals surface area contributed by atoms with Crippen LogP contribution in [0.25, 0.3) is 0 Å². The monoisotopic (exact) mass is 275 g/mol. The van der Waals surface area contributed by atoms with E-state index in [4.69, 9.17) is 9.15 Å². The van der Waals surface area contributed by atoms with Gasteiger partial charge < -0.3 is 9.15 Å². The molecule has 0 radical (unpaired) electrons. The predicted octanol–water partition coefficient (Wildman–Crippen LogP) is 2.08. The van der Waals surface area contributed by atoms with Gasteiger partial charge in [-0.05, 0) is 19.1 Å². The maximum Gasteiger partial charge on any atom is 0.343 e. The zero-order valence-corrected chi connectivity index (χ0v) is 10.4. The summed E-state index contributed by atoms with van der Waals surface area (Å²) >= 11 is 0. The molecule has 2 rings (SSSR count). The van der Waals surface area contributed by atoms with E-state index in [-0.39, 0.29) is 17.0 Å². The van der Waals surface area contributed by atoms with Gasteiger partial charge in [0.2, 0.25) is 0 Å². The lowest BCUT2D eigenvalue weighted by atomic mass is 10.2. The molecular weight excluding hydrogens is 266 g/mol. The minimum Gasteiger partial charge on any atom is -0.428 e. The predicted molar refractivity (Wildman–Crippen MR) is 67.8 cm³/mol. The molecule has 0 saturated carbocycles. The van der Waals surface area contributed by atoms with Crippen molar-refractivity contribution >= 4 is 11.7 Å². The van der Waals surface area contributed by atoms with Crippen LogP contribution in [0, 0.1) is 17.0 Å². The van der Waals surface area contributed by atoms with Gasteiger partial charge in [0.15, 0.2) is 0 Å². The van der Waals surface area contributed by atoms with Gasteiger partial charge in [0, 0.05) is 18.2 Å². The Bertz CT molecular complexity index is 716. The Morgan fingerprint density at radius 1 is 1.25 bits per heavy atom. The van der Waals surface area contributed by atoms with Gasteiger partial charge in [-0.25, -0.2) is 9.59 Å². The first kappa shape index (κ1) is 13.5. The van der Waals surface area contributed by atoms with Crippen LogP contribution in [0.5, 0.6) is 5.75 Å². The highest BCUT2D eigenvalue weighted by Crippen LogP contribution is 2.15. The number of aryl methyl sites for hydroxylation is 1. The molecule has 0 N–H and O–H groups in total. The van der Waals surface area contributed by atoms with Crippen LogP contribution in [0.3, 0.4) is 0 Å². The average Bonchev–Trinajstić information content (AvgIpc) is 2.37. The lowest BCUT2D eigenvalue weighted by molar-refractivity contribution is -0.384. The highest BCUT2D eigenvalue weighted by atomic mass is 16.6. The first-order valence-corrected chi connectivity index (χ1v) is 5.54. The van der Waals surface area contributed by atoms with Crippen molar-refractivity contribution in [2.75, 3.05) is 0 Å². The zero-order valence-electron chi connectivity index (χ0n) is 10.4. The summed E-state index contributed by atoms with van der Waals surface area (Å²) < 4.78 is 9.72. The molecule has 0 aliphatic rings. The van der Waals surface area contributed by atoms with Crippen molar-refractivity contribution in [2.24, 2.45) is 0 Å². The number of non-ortho nitro benzene ring substituents is 1. The van der Waals surface area contributed by atoms with Gasteiger partial charge in [0.05, 0.1) is 16.6 Å². The Morgan fingerprint density at radius 3 is 2.45 bits per heavy atom. The molecule has 20 heavy (non-hydrogen) atoms. The molecule has 0 bridgehead atoms. The molecule has 0 fully saturated rings. The van der Waals surface area contributed by atoms with Gasteiger partial charge in [0.25, 0.3) is 5.69 Å². The van der Waals surface area contributed by atoms with Crippen molar-refractivity contribution in [1.82, 2.24) is 0 Å². The maximum atomic E-state index is 11.8. The molecule has 102 valence electrons. The number of ether oxygens (including phenoxy) is 1. The van der Waals surface area contributed by atoms with E-state index in [1.54, 1.807) is 6.92 Å². The number of nitrogens with zero attached hydrogens (tertiary/aromatic N) is 1. The van der Waals surface area contributed by atoms with E-state index in [0.29, 0.717) is 5.76 Å². The SMILES string of the molecule is Cc1cc(OC(=O)c2ccc([N+](=O)[O-])cc2)cc(=O)o1. The highest BCUT2D eigenvalue weighted by Gasteiger charge is 2.12. The number of nitro groups is 1. The van der Waals surface area contributed by atoms with Gasteiger partial charge >= 0.3 is 11.6 Å². The fourth-order valence-corrected chi connectivity index (χ4v) is 1.52. The number of esters is 1. The van der Waals surface area contributed by atoms with Gasteiger partial charge in [-0.2, -0.15) is 0 Å². The first-order valence-electron chi connectivity index (χ1n) is 5.54. The van der Waals surface area contributed by atoms with Gasteiger partial charge in [-0.3, -0.25) is 10.1 Å². The van der Waals surface area contributed by atoms with Crippen molar-refractivity contribution < 1.29 is 18.9 Å². The third-order valence-electron chi connectivity index (χ3n) is 2.39. The van der Waals surface area contributed by atoms with Crippen LogP contribution in [-0.4, -0.2) is 10.9 Å². The third kappa shape index (κ3) is 3.08. The molecular formula is C13H9NO6. The molecule has 0 spiro atoms. The minimum absolute atomic E-state index is 0.0575. The van der Waals surface area contributed by atoms with Crippen molar-refractivity contribution in [3.63, 3.8) is 0 Å². The molecule has 0 amide bonds. The lowest BCUT2D eigenvalue weighted by Crippen LogP contribution is -2.10. The van der Waals surface area contributed by atoms with E-state index in [0.717, 1.165) is 6.07 Å². The van der Waals surface area contributed by atoms with Crippen LogP contribution in [0.15, 0.2) is 45.6 Å². The Hall–Kier alpha value is -2.96. The molecule has 7 nitrogen and oxygen atoms in total. The second kappa shape index (κ2) is 5.35. The first-order chi connectivity index (χ1) is 9.45.